The third-order valence-electron chi connectivity index (χ3n) is 4.41. The normalized spacial score (nSPS) is 17.7. The molecule has 0 aliphatic carbocycles. The van der Waals surface area contributed by atoms with Gasteiger partial charge in [-0.3, -0.25) is 4.99 Å². The highest BCUT2D eigenvalue weighted by Crippen LogP contribution is 2.21. The highest BCUT2D eigenvalue weighted by molar-refractivity contribution is 5.79. The molecule has 3 N–H and O–H groups in total. The van der Waals surface area contributed by atoms with Gasteiger partial charge in [-0.25, -0.2) is 9.59 Å². The fourth-order valence-corrected chi connectivity index (χ4v) is 3.15. The molecule has 180 valence electrons. The minimum absolute atomic E-state index is 0.229. The summed E-state index contributed by atoms with van der Waals surface area (Å²) < 4.78 is 10.7. The quantitative estimate of drug-likeness (QED) is 0.319. The van der Waals surface area contributed by atoms with E-state index in [0.717, 1.165) is 32.4 Å². The first-order chi connectivity index (χ1) is 14.4. The van der Waals surface area contributed by atoms with Gasteiger partial charge in [-0.05, 0) is 73.6 Å². The Hall–Kier alpha value is -2.19. The van der Waals surface area contributed by atoms with Crippen LogP contribution in [0.2, 0.25) is 0 Å². The first kappa shape index (κ1) is 26.8. The van der Waals surface area contributed by atoms with Crippen LogP contribution in [0.5, 0.6) is 0 Å². The summed E-state index contributed by atoms with van der Waals surface area (Å²) in [5.41, 5.74) is -0.981. The molecule has 0 aromatic rings. The molecule has 2 amide bonds. The van der Waals surface area contributed by atoms with Crippen LogP contribution >= 0.6 is 0 Å². The second-order valence-electron chi connectivity index (χ2n) is 9.84. The Morgan fingerprint density at radius 2 is 1.65 bits per heavy atom. The maximum absolute atomic E-state index is 12.3. The zero-order chi connectivity index (χ0) is 23.5. The molecule has 9 heteroatoms. The van der Waals surface area contributed by atoms with Crippen LogP contribution in [-0.2, 0) is 9.47 Å². The molecule has 1 aliphatic heterocycles. The molecule has 0 aromatic carbocycles. The number of guanidine groups is 1. The number of nitrogens with zero attached hydrogens (tertiary/aromatic N) is 2. The SMILES string of the molecule is CCNC(=NCCC1CCCN(C(=O)OC(C)(C)C)C1)NCCNC(=O)OC(C)(C)C. The zero-order valence-electron chi connectivity index (χ0n) is 20.5. The van der Waals surface area contributed by atoms with Crippen molar-refractivity contribution in [2.45, 2.75) is 78.9 Å². The van der Waals surface area contributed by atoms with Crippen LogP contribution in [-0.4, -0.2) is 73.5 Å². The molecule has 1 fully saturated rings. The summed E-state index contributed by atoms with van der Waals surface area (Å²) in [5, 5.41) is 9.14. The van der Waals surface area contributed by atoms with Crippen molar-refractivity contribution >= 4 is 18.1 Å². The highest BCUT2D eigenvalue weighted by atomic mass is 16.6. The lowest BCUT2D eigenvalue weighted by molar-refractivity contribution is 0.0162. The summed E-state index contributed by atoms with van der Waals surface area (Å²) in [6.45, 7) is 17.0. The number of amides is 2. The number of likely N-dealkylation sites (tertiary alicyclic amines) is 1. The van der Waals surface area contributed by atoms with Gasteiger partial charge in [0, 0.05) is 39.3 Å². The van der Waals surface area contributed by atoms with Crippen molar-refractivity contribution < 1.29 is 19.1 Å². The topological polar surface area (TPSA) is 104 Å². The monoisotopic (exact) mass is 441 g/mol. The Labute approximate surface area is 187 Å². The fraction of sp³-hybridized carbons (Fsp3) is 0.864. The van der Waals surface area contributed by atoms with Crippen LogP contribution in [0.1, 0.15) is 67.7 Å². The molecule has 31 heavy (non-hydrogen) atoms. The van der Waals surface area contributed by atoms with E-state index in [9.17, 15) is 9.59 Å². The number of piperidine rings is 1. The van der Waals surface area contributed by atoms with E-state index < -0.39 is 17.3 Å². The van der Waals surface area contributed by atoms with Crippen LogP contribution in [0.25, 0.3) is 0 Å². The van der Waals surface area contributed by atoms with Gasteiger partial charge in [-0.1, -0.05) is 0 Å². The summed E-state index contributed by atoms with van der Waals surface area (Å²) in [4.78, 5) is 30.4. The highest BCUT2D eigenvalue weighted by Gasteiger charge is 2.27. The number of ether oxygens (including phenoxy) is 2. The molecule has 0 bridgehead atoms. The van der Waals surface area contributed by atoms with E-state index >= 15 is 0 Å². The number of carbonyl (C=O) groups excluding carboxylic acids is 2. The van der Waals surface area contributed by atoms with E-state index in [2.05, 4.69) is 20.9 Å². The molecule has 1 aliphatic rings. The molecule has 1 saturated heterocycles. The summed E-state index contributed by atoms with van der Waals surface area (Å²) in [7, 11) is 0. The number of carbonyl (C=O) groups is 2. The van der Waals surface area contributed by atoms with E-state index in [0.29, 0.717) is 38.1 Å². The van der Waals surface area contributed by atoms with E-state index in [-0.39, 0.29) is 6.09 Å². The van der Waals surface area contributed by atoms with E-state index in [4.69, 9.17) is 9.47 Å². The summed E-state index contributed by atoms with van der Waals surface area (Å²) >= 11 is 0. The lowest BCUT2D eigenvalue weighted by Crippen LogP contribution is -2.43. The van der Waals surface area contributed by atoms with Crippen LogP contribution in [0, 0.1) is 5.92 Å². The average molecular weight is 442 g/mol. The van der Waals surface area contributed by atoms with E-state index in [1.165, 1.54) is 0 Å². The summed E-state index contributed by atoms with van der Waals surface area (Å²) in [6, 6.07) is 0. The standard InChI is InChI=1S/C22H43N5O4/c1-8-23-18(25-13-14-26-19(28)30-21(2,3)4)24-12-11-17-10-9-15-27(16-17)20(29)31-22(5,6)7/h17H,8-16H2,1-7H3,(H,26,28)(H2,23,24,25). The first-order valence-corrected chi connectivity index (χ1v) is 11.4. The molecule has 0 aromatic heterocycles. The maximum Gasteiger partial charge on any atom is 0.410 e. The lowest BCUT2D eigenvalue weighted by Gasteiger charge is -2.34. The van der Waals surface area contributed by atoms with Crippen LogP contribution in [0.15, 0.2) is 4.99 Å². The summed E-state index contributed by atoms with van der Waals surface area (Å²) in [6.07, 6.45) is 2.34. The number of hydrogen-bond acceptors (Lipinski definition) is 5. The molecule has 1 unspecified atom stereocenters. The predicted octanol–water partition coefficient (Wildman–Crippen LogP) is 3.10. The van der Waals surface area contributed by atoms with Crippen molar-refractivity contribution in [3.8, 4) is 0 Å². The van der Waals surface area contributed by atoms with Gasteiger partial charge < -0.3 is 30.3 Å². The van der Waals surface area contributed by atoms with Gasteiger partial charge in [0.15, 0.2) is 5.96 Å². The second kappa shape index (κ2) is 12.6. The Balaban J connectivity index is 2.39. The van der Waals surface area contributed by atoms with Crippen molar-refractivity contribution in [2.75, 3.05) is 39.3 Å². The summed E-state index contributed by atoms with van der Waals surface area (Å²) in [5.74, 6) is 1.13. The van der Waals surface area contributed by atoms with Crippen molar-refractivity contribution in [1.29, 1.82) is 0 Å². The number of rotatable bonds is 7. The molecule has 9 nitrogen and oxygen atoms in total. The lowest BCUT2D eigenvalue weighted by atomic mass is 9.95. The smallest absolute Gasteiger partial charge is 0.410 e. The number of aliphatic imine (C=N–C) groups is 1. The fourth-order valence-electron chi connectivity index (χ4n) is 3.15. The molecule has 1 heterocycles. The van der Waals surface area contributed by atoms with Crippen molar-refractivity contribution in [1.82, 2.24) is 20.9 Å². The van der Waals surface area contributed by atoms with Gasteiger partial charge in [0.1, 0.15) is 11.2 Å². The van der Waals surface area contributed by atoms with E-state index in [1.807, 2.05) is 53.4 Å². The van der Waals surface area contributed by atoms with Crippen molar-refractivity contribution in [3.63, 3.8) is 0 Å². The number of alkyl carbamates (subject to hydrolysis) is 1. The molecule has 0 radical (unpaired) electrons. The minimum Gasteiger partial charge on any atom is -0.444 e. The molecule has 1 atom stereocenters. The molecule has 1 rings (SSSR count). The average Bonchev–Trinajstić information content (AvgIpc) is 2.62. The zero-order valence-corrected chi connectivity index (χ0v) is 20.5. The molecular weight excluding hydrogens is 398 g/mol. The third-order valence-corrected chi connectivity index (χ3v) is 4.41. The van der Waals surface area contributed by atoms with Crippen LogP contribution < -0.4 is 16.0 Å². The Morgan fingerprint density at radius 3 is 2.26 bits per heavy atom. The van der Waals surface area contributed by atoms with Crippen molar-refractivity contribution in [2.24, 2.45) is 10.9 Å². The maximum atomic E-state index is 12.3. The van der Waals surface area contributed by atoms with Crippen molar-refractivity contribution in [3.05, 3.63) is 0 Å². The second-order valence-corrected chi connectivity index (χ2v) is 9.84. The number of nitrogens with one attached hydrogen (secondary N) is 3. The van der Waals surface area contributed by atoms with Crippen LogP contribution in [0.3, 0.4) is 0 Å². The number of hydrogen-bond donors (Lipinski definition) is 3. The Morgan fingerprint density at radius 1 is 1.00 bits per heavy atom. The van der Waals surface area contributed by atoms with E-state index in [1.54, 1.807) is 0 Å². The minimum atomic E-state index is -0.508. The molecule has 0 spiro atoms. The third kappa shape index (κ3) is 13.0. The van der Waals surface area contributed by atoms with Gasteiger partial charge in [-0.15, -0.1) is 0 Å². The Kier molecular flexibility index (Phi) is 10.9. The van der Waals surface area contributed by atoms with Gasteiger partial charge in [0.25, 0.3) is 0 Å². The van der Waals surface area contributed by atoms with Gasteiger partial charge in [-0.2, -0.15) is 0 Å². The predicted molar refractivity (Wildman–Crippen MR) is 123 cm³/mol. The Bertz CT molecular complexity index is 596. The largest absolute Gasteiger partial charge is 0.444 e. The van der Waals surface area contributed by atoms with Gasteiger partial charge in [0.05, 0.1) is 0 Å². The van der Waals surface area contributed by atoms with Crippen LogP contribution in [0.4, 0.5) is 9.59 Å². The molecular formula is C22H43N5O4. The molecule has 0 saturated carbocycles. The van der Waals surface area contributed by atoms with Gasteiger partial charge in [0.2, 0.25) is 0 Å². The first-order valence-electron chi connectivity index (χ1n) is 11.4. The van der Waals surface area contributed by atoms with Gasteiger partial charge >= 0.3 is 12.2 Å².